The average molecular weight is 384 g/mol. The molecule has 0 atom stereocenters. The van der Waals surface area contributed by atoms with E-state index in [-0.39, 0.29) is 33.4 Å². The zero-order chi connectivity index (χ0) is 20.5. The lowest BCUT2D eigenvalue weighted by Gasteiger charge is -2.15. The Bertz CT molecular complexity index is 999. The highest BCUT2D eigenvalue weighted by molar-refractivity contribution is 6.02. The fourth-order valence-corrected chi connectivity index (χ4v) is 3.00. The molecular formula is C21H15F3N2O2. The standard InChI is InChI=1S/C21H15F3N2O2/c22-21(23,24)14-10-12(15-5-1-3-7-17(15)19(25)27)9-13(11-14)16-6-2-4-8-18(16)20(26)28/h1-11H,(H2,25,27)(H2,26,28). The highest BCUT2D eigenvalue weighted by Crippen LogP contribution is 2.37. The van der Waals surface area contributed by atoms with Gasteiger partial charge in [0.25, 0.3) is 0 Å². The fourth-order valence-electron chi connectivity index (χ4n) is 3.00. The van der Waals surface area contributed by atoms with E-state index in [1.54, 1.807) is 24.3 Å². The summed E-state index contributed by atoms with van der Waals surface area (Å²) in [6, 6.07) is 15.6. The summed E-state index contributed by atoms with van der Waals surface area (Å²) in [6.07, 6.45) is -4.63. The number of hydrogen-bond donors (Lipinski definition) is 2. The van der Waals surface area contributed by atoms with E-state index in [9.17, 15) is 22.8 Å². The number of carbonyl (C=O) groups excluding carboxylic acids is 2. The molecule has 3 aromatic carbocycles. The molecule has 0 unspecified atom stereocenters. The second-order valence-electron chi connectivity index (χ2n) is 6.12. The van der Waals surface area contributed by atoms with E-state index >= 15 is 0 Å². The van der Waals surface area contributed by atoms with E-state index in [4.69, 9.17) is 11.5 Å². The van der Waals surface area contributed by atoms with Gasteiger partial charge in [-0.1, -0.05) is 36.4 Å². The van der Waals surface area contributed by atoms with Crippen molar-refractivity contribution in [2.24, 2.45) is 11.5 Å². The molecule has 2 amide bonds. The van der Waals surface area contributed by atoms with Gasteiger partial charge in [0.05, 0.1) is 5.56 Å². The molecule has 0 fully saturated rings. The second kappa shape index (κ2) is 7.19. The molecule has 0 saturated heterocycles. The third-order valence-corrected chi connectivity index (χ3v) is 4.27. The summed E-state index contributed by atoms with van der Waals surface area (Å²) in [7, 11) is 0. The van der Waals surface area contributed by atoms with Gasteiger partial charge >= 0.3 is 6.18 Å². The topological polar surface area (TPSA) is 86.2 Å². The van der Waals surface area contributed by atoms with E-state index in [0.717, 1.165) is 12.1 Å². The fraction of sp³-hybridized carbons (Fsp3) is 0.0476. The zero-order valence-corrected chi connectivity index (χ0v) is 14.5. The van der Waals surface area contributed by atoms with E-state index in [1.165, 1.54) is 30.3 Å². The largest absolute Gasteiger partial charge is 0.416 e. The minimum Gasteiger partial charge on any atom is -0.366 e. The van der Waals surface area contributed by atoms with Crippen LogP contribution in [0.3, 0.4) is 0 Å². The SMILES string of the molecule is NC(=O)c1ccccc1-c1cc(-c2ccccc2C(N)=O)cc(C(F)(F)F)c1. The molecule has 3 rings (SSSR count). The van der Waals surface area contributed by atoms with Crippen molar-refractivity contribution >= 4 is 11.8 Å². The molecule has 0 bridgehead atoms. The highest BCUT2D eigenvalue weighted by atomic mass is 19.4. The molecule has 0 aliphatic rings. The Morgan fingerprint density at radius 3 is 1.43 bits per heavy atom. The number of rotatable bonds is 4. The molecule has 0 spiro atoms. The van der Waals surface area contributed by atoms with Gasteiger partial charge in [0.2, 0.25) is 11.8 Å². The van der Waals surface area contributed by atoms with Gasteiger partial charge in [-0.3, -0.25) is 9.59 Å². The Hall–Kier alpha value is -3.61. The molecule has 3 aromatic rings. The predicted octanol–water partition coefficient (Wildman–Crippen LogP) is 4.24. The normalized spacial score (nSPS) is 11.2. The van der Waals surface area contributed by atoms with E-state index in [0.29, 0.717) is 0 Å². The van der Waals surface area contributed by atoms with Crippen molar-refractivity contribution in [2.45, 2.75) is 6.18 Å². The number of amides is 2. The van der Waals surface area contributed by atoms with Gasteiger partial charge in [0.1, 0.15) is 0 Å². The second-order valence-corrected chi connectivity index (χ2v) is 6.12. The maximum Gasteiger partial charge on any atom is 0.416 e. The third kappa shape index (κ3) is 3.73. The Morgan fingerprint density at radius 1 is 0.679 bits per heavy atom. The van der Waals surface area contributed by atoms with Crippen molar-refractivity contribution in [2.75, 3.05) is 0 Å². The number of primary amides is 2. The monoisotopic (exact) mass is 384 g/mol. The first-order chi connectivity index (χ1) is 13.2. The molecule has 0 heterocycles. The first-order valence-electron chi connectivity index (χ1n) is 8.19. The quantitative estimate of drug-likeness (QED) is 0.705. The molecule has 142 valence electrons. The van der Waals surface area contributed by atoms with E-state index in [2.05, 4.69) is 0 Å². The zero-order valence-electron chi connectivity index (χ0n) is 14.5. The van der Waals surface area contributed by atoms with Crippen LogP contribution in [0.5, 0.6) is 0 Å². The molecule has 0 radical (unpaired) electrons. The smallest absolute Gasteiger partial charge is 0.366 e. The number of alkyl halides is 3. The van der Waals surface area contributed by atoms with Gasteiger partial charge in [0.15, 0.2) is 0 Å². The van der Waals surface area contributed by atoms with Gasteiger partial charge in [-0.2, -0.15) is 13.2 Å². The first-order valence-corrected chi connectivity index (χ1v) is 8.19. The molecule has 4 N–H and O–H groups in total. The van der Waals surface area contributed by atoms with Gasteiger partial charge in [0, 0.05) is 11.1 Å². The van der Waals surface area contributed by atoms with Crippen LogP contribution in [0.25, 0.3) is 22.3 Å². The van der Waals surface area contributed by atoms with Crippen LogP contribution in [0.15, 0.2) is 66.7 Å². The van der Waals surface area contributed by atoms with Crippen LogP contribution in [-0.2, 0) is 6.18 Å². The summed E-state index contributed by atoms with van der Waals surface area (Å²) < 4.78 is 40.5. The minimum atomic E-state index is -4.63. The maximum absolute atomic E-state index is 13.5. The van der Waals surface area contributed by atoms with Crippen molar-refractivity contribution < 1.29 is 22.8 Å². The van der Waals surface area contributed by atoms with Gasteiger partial charge < -0.3 is 11.5 Å². The Kier molecular flexibility index (Phi) is 4.92. The van der Waals surface area contributed by atoms with Gasteiger partial charge in [-0.15, -0.1) is 0 Å². The van der Waals surface area contributed by atoms with Crippen molar-refractivity contribution in [1.82, 2.24) is 0 Å². The molecule has 0 saturated carbocycles. The lowest BCUT2D eigenvalue weighted by Crippen LogP contribution is -2.13. The molecule has 7 heteroatoms. The summed E-state index contributed by atoms with van der Waals surface area (Å²) in [4.78, 5) is 23.4. The lowest BCUT2D eigenvalue weighted by molar-refractivity contribution is -0.137. The molecular weight excluding hydrogens is 369 g/mol. The van der Waals surface area contributed by atoms with Gasteiger partial charge in [-0.05, 0) is 52.6 Å². The Balaban J connectivity index is 2.32. The van der Waals surface area contributed by atoms with Crippen molar-refractivity contribution in [3.63, 3.8) is 0 Å². The number of carbonyl (C=O) groups is 2. The van der Waals surface area contributed by atoms with Crippen molar-refractivity contribution in [3.8, 4) is 22.3 Å². The summed E-state index contributed by atoms with van der Waals surface area (Å²) in [5.41, 5.74) is 10.8. The van der Waals surface area contributed by atoms with Crippen LogP contribution in [0.2, 0.25) is 0 Å². The molecule has 0 aromatic heterocycles. The Morgan fingerprint density at radius 2 is 1.07 bits per heavy atom. The molecule has 0 aliphatic carbocycles. The maximum atomic E-state index is 13.5. The van der Waals surface area contributed by atoms with Gasteiger partial charge in [-0.25, -0.2) is 0 Å². The van der Waals surface area contributed by atoms with E-state index < -0.39 is 23.6 Å². The molecule has 28 heavy (non-hydrogen) atoms. The summed E-state index contributed by atoms with van der Waals surface area (Å²) in [6.45, 7) is 0. The van der Waals surface area contributed by atoms with Crippen LogP contribution < -0.4 is 11.5 Å². The Labute approximate surface area is 158 Å². The van der Waals surface area contributed by atoms with Crippen LogP contribution in [0.4, 0.5) is 13.2 Å². The number of benzene rings is 3. The van der Waals surface area contributed by atoms with Crippen LogP contribution >= 0.6 is 0 Å². The minimum absolute atomic E-state index is 0.0935. The predicted molar refractivity (Wildman–Crippen MR) is 99.4 cm³/mol. The van der Waals surface area contributed by atoms with Crippen LogP contribution in [-0.4, -0.2) is 11.8 Å². The average Bonchev–Trinajstić information content (AvgIpc) is 2.67. The number of hydrogen-bond acceptors (Lipinski definition) is 2. The van der Waals surface area contributed by atoms with Crippen LogP contribution in [0, 0.1) is 0 Å². The van der Waals surface area contributed by atoms with Crippen molar-refractivity contribution in [3.05, 3.63) is 83.4 Å². The third-order valence-electron chi connectivity index (χ3n) is 4.27. The van der Waals surface area contributed by atoms with Crippen molar-refractivity contribution in [1.29, 1.82) is 0 Å². The molecule has 0 aliphatic heterocycles. The number of halogens is 3. The summed E-state index contributed by atoms with van der Waals surface area (Å²) in [5, 5.41) is 0. The summed E-state index contributed by atoms with van der Waals surface area (Å²) in [5.74, 6) is -1.51. The number of nitrogens with two attached hydrogens (primary N) is 2. The highest BCUT2D eigenvalue weighted by Gasteiger charge is 2.32. The van der Waals surface area contributed by atoms with Crippen LogP contribution in [0.1, 0.15) is 26.3 Å². The summed E-state index contributed by atoms with van der Waals surface area (Å²) >= 11 is 0. The molecule has 4 nitrogen and oxygen atoms in total. The first kappa shape index (κ1) is 19.2. The lowest BCUT2D eigenvalue weighted by atomic mass is 9.91. The van der Waals surface area contributed by atoms with E-state index in [1.807, 2.05) is 0 Å².